The third-order valence-corrected chi connectivity index (χ3v) is 5.46. The zero-order valence-corrected chi connectivity index (χ0v) is 14.8. The first-order chi connectivity index (χ1) is 12.0. The number of hydrogen-bond acceptors (Lipinski definition) is 3. The first-order valence-electron chi connectivity index (χ1n) is 8.89. The second kappa shape index (κ2) is 5.93. The number of Topliss-reactive ketones (excluding diaryl/α,β-unsaturated/α-hetero) is 1. The van der Waals surface area contributed by atoms with Crippen LogP contribution in [0.5, 0.6) is 0 Å². The summed E-state index contributed by atoms with van der Waals surface area (Å²) in [4.78, 5) is 16.6. The molecular formula is C20H23N3O2. The Morgan fingerprint density at radius 3 is 2.64 bits per heavy atom. The zero-order valence-electron chi connectivity index (χ0n) is 14.8. The molecule has 1 saturated heterocycles. The number of benzene rings is 1. The molecule has 2 aliphatic heterocycles. The van der Waals surface area contributed by atoms with Gasteiger partial charge in [0.15, 0.2) is 5.78 Å². The van der Waals surface area contributed by atoms with E-state index >= 15 is 0 Å². The highest BCUT2D eigenvalue weighted by molar-refractivity contribution is 5.93. The number of hydroxylamine groups is 3. The van der Waals surface area contributed by atoms with Crippen molar-refractivity contribution < 1.29 is 9.44 Å². The van der Waals surface area contributed by atoms with Crippen molar-refractivity contribution in [3.8, 4) is 0 Å². The summed E-state index contributed by atoms with van der Waals surface area (Å²) < 4.78 is 1.89. The highest BCUT2D eigenvalue weighted by Crippen LogP contribution is 2.37. The summed E-state index contributed by atoms with van der Waals surface area (Å²) in [7, 11) is 1.75. The molecule has 1 fully saturated rings. The first kappa shape index (κ1) is 16.2. The number of quaternary nitrogens is 1. The molecule has 5 nitrogen and oxygen atoms in total. The van der Waals surface area contributed by atoms with E-state index in [0.29, 0.717) is 18.8 Å². The van der Waals surface area contributed by atoms with E-state index in [2.05, 4.69) is 33.8 Å². The van der Waals surface area contributed by atoms with Crippen LogP contribution < -0.4 is 0 Å². The van der Waals surface area contributed by atoms with Crippen LogP contribution in [0.15, 0.2) is 36.0 Å². The van der Waals surface area contributed by atoms with E-state index in [9.17, 15) is 10.0 Å². The van der Waals surface area contributed by atoms with Crippen molar-refractivity contribution in [1.82, 2.24) is 9.55 Å². The molecule has 1 aromatic heterocycles. The highest BCUT2D eigenvalue weighted by atomic mass is 16.5. The van der Waals surface area contributed by atoms with E-state index in [1.165, 1.54) is 16.7 Å². The molecule has 0 N–H and O–H groups in total. The molecular weight excluding hydrogens is 314 g/mol. The Balaban J connectivity index is 1.92. The minimum atomic E-state index is -0.175. The molecule has 2 aliphatic rings. The Hall–Kier alpha value is -2.24. The number of imidazole rings is 1. The van der Waals surface area contributed by atoms with Crippen molar-refractivity contribution in [2.45, 2.75) is 32.7 Å². The van der Waals surface area contributed by atoms with Gasteiger partial charge in [0, 0.05) is 31.9 Å². The molecule has 0 bridgehead atoms. The minimum Gasteiger partial charge on any atom is -0.633 e. The molecule has 0 unspecified atom stereocenters. The number of rotatable bonds is 1. The number of aryl methyl sites for hydroxylation is 1. The van der Waals surface area contributed by atoms with Crippen LogP contribution in [-0.2, 0) is 13.0 Å². The number of aromatic nitrogens is 2. The molecule has 3 heterocycles. The van der Waals surface area contributed by atoms with E-state index in [-0.39, 0.29) is 10.4 Å². The van der Waals surface area contributed by atoms with E-state index in [1.807, 2.05) is 0 Å². The van der Waals surface area contributed by atoms with Gasteiger partial charge in [-0.25, -0.2) is 4.98 Å². The lowest BCUT2D eigenvalue weighted by Crippen LogP contribution is -2.42. The SMILES string of the molecule is CC(=O)c1cnc2n1CCc1ccccc1C2=C1CC[N+](C)([O-])CC1. The van der Waals surface area contributed by atoms with E-state index in [1.54, 1.807) is 20.2 Å². The molecule has 2 aromatic rings. The van der Waals surface area contributed by atoms with Gasteiger partial charge in [-0.15, -0.1) is 0 Å². The van der Waals surface area contributed by atoms with Gasteiger partial charge < -0.3 is 14.4 Å². The lowest BCUT2D eigenvalue weighted by molar-refractivity contribution is -0.863. The fourth-order valence-corrected chi connectivity index (χ4v) is 4.00. The average molecular weight is 337 g/mol. The zero-order chi connectivity index (χ0) is 17.6. The second-order valence-corrected chi connectivity index (χ2v) is 7.30. The van der Waals surface area contributed by atoms with Gasteiger partial charge in [-0.05, 0) is 23.1 Å². The number of likely N-dealkylation sites (tertiary alicyclic amines) is 1. The second-order valence-electron chi connectivity index (χ2n) is 7.30. The van der Waals surface area contributed by atoms with Crippen molar-refractivity contribution >= 4 is 11.4 Å². The molecule has 130 valence electrons. The standard InChI is InChI=1S/C20H23N3O2/c1-14(24)18-13-21-20-19(16-8-11-23(2,25)12-9-16)17-6-4-3-5-15(17)7-10-22(18)20/h3-6,13H,7-12H2,1-2H3. The molecule has 5 heteroatoms. The Kier molecular flexibility index (Phi) is 3.85. The first-order valence-corrected chi connectivity index (χ1v) is 8.89. The summed E-state index contributed by atoms with van der Waals surface area (Å²) in [5, 5.41) is 12.3. The summed E-state index contributed by atoms with van der Waals surface area (Å²) >= 11 is 0. The number of piperidine rings is 1. The van der Waals surface area contributed by atoms with Crippen molar-refractivity contribution in [2.24, 2.45) is 0 Å². The predicted octanol–water partition coefficient (Wildman–Crippen LogP) is 3.18. The van der Waals surface area contributed by atoms with Crippen LogP contribution in [0.2, 0.25) is 0 Å². The van der Waals surface area contributed by atoms with Crippen LogP contribution in [0.25, 0.3) is 5.57 Å². The molecule has 0 atom stereocenters. The number of nitrogens with zero attached hydrogens (tertiary/aromatic N) is 3. The van der Waals surface area contributed by atoms with Crippen molar-refractivity contribution in [3.63, 3.8) is 0 Å². The minimum absolute atomic E-state index is 0.0431. The summed E-state index contributed by atoms with van der Waals surface area (Å²) in [5.41, 5.74) is 5.60. The average Bonchev–Trinajstić information content (AvgIpc) is 2.92. The van der Waals surface area contributed by atoms with Gasteiger partial charge in [0.05, 0.1) is 26.3 Å². The maximum absolute atomic E-state index is 12.3. The van der Waals surface area contributed by atoms with Crippen molar-refractivity contribution in [2.75, 3.05) is 20.1 Å². The van der Waals surface area contributed by atoms with Crippen LogP contribution in [0, 0.1) is 5.21 Å². The van der Waals surface area contributed by atoms with Crippen LogP contribution >= 0.6 is 0 Å². The smallest absolute Gasteiger partial charge is 0.177 e. The maximum atomic E-state index is 12.3. The third kappa shape index (κ3) is 2.83. The number of ketones is 1. The fraction of sp³-hybridized carbons (Fsp3) is 0.400. The van der Waals surface area contributed by atoms with Crippen LogP contribution in [0.4, 0.5) is 0 Å². The van der Waals surface area contributed by atoms with Crippen LogP contribution in [0.3, 0.4) is 0 Å². The Morgan fingerprint density at radius 1 is 1.20 bits per heavy atom. The van der Waals surface area contributed by atoms with Gasteiger partial charge >= 0.3 is 0 Å². The molecule has 1 aromatic carbocycles. The van der Waals surface area contributed by atoms with E-state index in [4.69, 9.17) is 0 Å². The molecule has 0 aliphatic carbocycles. The highest BCUT2D eigenvalue weighted by Gasteiger charge is 2.28. The van der Waals surface area contributed by atoms with Gasteiger partial charge in [-0.2, -0.15) is 0 Å². The number of carbonyl (C=O) groups excluding carboxylic acids is 1. The normalized spacial score (nSPS) is 23.0. The fourth-order valence-electron chi connectivity index (χ4n) is 4.00. The number of hydrogen-bond donors (Lipinski definition) is 0. The number of carbonyl (C=O) groups is 1. The Labute approximate surface area is 147 Å². The lowest BCUT2D eigenvalue weighted by atomic mass is 9.90. The molecule has 0 radical (unpaired) electrons. The lowest BCUT2D eigenvalue weighted by Gasteiger charge is -2.42. The van der Waals surface area contributed by atoms with E-state index in [0.717, 1.165) is 37.2 Å². The summed E-state index contributed by atoms with van der Waals surface area (Å²) in [5.74, 6) is 0.925. The van der Waals surface area contributed by atoms with Crippen LogP contribution in [-0.4, -0.2) is 40.1 Å². The van der Waals surface area contributed by atoms with Gasteiger partial charge in [-0.1, -0.05) is 24.3 Å². The molecule has 4 rings (SSSR count). The van der Waals surface area contributed by atoms with E-state index < -0.39 is 0 Å². The summed E-state index contributed by atoms with van der Waals surface area (Å²) in [6, 6.07) is 8.43. The van der Waals surface area contributed by atoms with Crippen LogP contribution in [0.1, 0.15) is 47.2 Å². The Bertz CT molecular complexity index is 865. The van der Waals surface area contributed by atoms with Gasteiger partial charge in [-0.3, -0.25) is 4.79 Å². The van der Waals surface area contributed by atoms with Crippen molar-refractivity contribution in [3.05, 3.63) is 63.9 Å². The summed E-state index contributed by atoms with van der Waals surface area (Å²) in [6.45, 7) is 3.55. The topological polar surface area (TPSA) is 58.0 Å². The maximum Gasteiger partial charge on any atom is 0.177 e. The van der Waals surface area contributed by atoms with Crippen molar-refractivity contribution in [1.29, 1.82) is 0 Å². The molecule has 25 heavy (non-hydrogen) atoms. The largest absolute Gasteiger partial charge is 0.633 e. The van der Waals surface area contributed by atoms with Gasteiger partial charge in [0.25, 0.3) is 0 Å². The monoisotopic (exact) mass is 337 g/mol. The molecule has 0 amide bonds. The van der Waals surface area contributed by atoms with Gasteiger partial charge in [0.2, 0.25) is 0 Å². The molecule has 0 saturated carbocycles. The quantitative estimate of drug-likeness (QED) is 0.456. The Morgan fingerprint density at radius 2 is 1.92 bits per heavy atom. The summed E-state index contributed by atoms with van der Waals surface area (Å²) in [6.07, 6.45) is 4.15. The molecule has 0 spiro atoms. The predicted molar refractivity (Wildman–Crippen MR) is 96.9 cm³/mol. The van der Waals surface area contributed by atoms with Gasteiger partial charge in [0.1, 0.15) is 11.5 Å². The third-order valence-electron chi connectivity index (χ3n) is 5.46. The number of fused-ring (bicyclic) bond motifs is 2.